The zero-order valence-electron chi connectivity index (χ0n) is 18.2. The molecule has 8 nitrogen and oxygen atoms in total. The smallest absolute Gasteiger partial charge is 0.183 e. The molecule has 33 heavy (non-hydrogen) atoms. The van der Waals surface area contributed by atoms with Crippen molar-refractivity contribution < 1.29 is 13.9 Å². The Bertz CT molecular complexity index is 1500. The fourth-order valence-electron chi connectivity index (χ4n) is 4.38. The number of imidazole rings is 2. The molecular formula is C24H21FN6O2. The number of aryl methyl sites for hydroxylation is 1. The van der Waals surface area contributed by atoms with E-state index in [-0.39, 0.29) is 11.9 Å². The highest BCUT2D eigenvalue weighted by atomic mass is 19.1. The summed E-state index contributed by atoms with van der Waals surface area (Å²) in [6, 6.07) is 9.10. The first-order chi connectivity index (χ1) is 16.2. The Morgan fingerprint density at radius 2 is 1.91 bits per heavy atom. The molecule has 0 radical (unpaired) electrons. The van der Waals surface area contributed by atoms with Crippen LogP contribution in [-0.2, 0) is 11.3 Å². The van der Waals surface area contributed by atoms with E-state index in [9.17, 15) is 0 Å². The summed E-state index contributed by atoms with van der Waals surface area (Å²) < 4.78 is 30.2. The quantitative estimate of drug-likeness (QED) is 0.403. The number of hydrogen-bond acceptors (Lipinski definition) is 6. The van der Waals surface area contributed by atoms with Crippen LogP contribution in [0, 0.1) is 5.82 Å². The molecule has 0 spiro atoms. The molecule has 2 aromatic carbocycles. The first kappa shape index (κ1) is 19.8. The summed E-state index contributed by atoms with van der Waals surface area (Å²) in [6.45, 7) is 4.08. The zero-order chi connectivity index (χ0) is 22.5. The Morgan fingerprint density at radius 3 is 2.67 bits per heavy atom. The van der Waals surface area contributed by atoms with Crippen molar-refractivity contribution in [3.05, 3.63) is 55.0 Å². The van der Waals surface area contributed by atoms with Crippen molar-refractivity contribution in [3.8, 4) is 28.0 Å². The molecule has 0 unspecified atom stereocenters. The predicted molar refractivity (Wildman–Crippen MR) is 122 cm³/mol. The lowest BCUT2D eigenvalue weighted by molar-refractivity contribution is -0.0216. The molecule has 1 saturated heterocycles. The second-order valence-electron chi connectivity index (χ2n) is 8.01. The van der Waals surface area contributed by atoms with Gasteiger partial charge in [-0.3, -0.25) is 0 Å². The molecule has 1 aliphatic rings. The van der Waals surface area contributed by atoms with Crippen LogP contribution in [-0.4, -0.2) is 49.6 Å². The molecule has 4 heterocycles. The minimum atomic E-state index is -0.347. The van der Waals surface area contributed by atoms with E-state index in [1.165, 1.54) is 6.07 Å². The average Bonchev–Trinajstić information content (AvgIpc) is 3.42. The Hall–Kier alpha value is -3.85. The number of nitrogens with zero attached hydrogens (tertiary/aromatic N) is 6. The monoisotopic (exact) mass is 444 g/mol. The van der Waals surface area contributed by atoms with Crippen molar-refractivity contribution >= 4 is 22.2 Å². The maximum Gasteiger partial charge on any atom is 0.183 e. The van der Waals surface area contributed by atoms with Crippen LogP contribution in [0.2, 0.25) is 0 Å². The molecule has 0 bridgehead atoms. The summed E-state index contributed by atoms with van der Waals surface area (Å²) in [6.07, 6.45) is 5.20. The molecule has 0 N–H and O–H groups in total. The zero-order valence-corrected chi connectivity index (χ0v) is 18.2. The van der Waals surface area contributed by atoms with Crippen molar-refractivity contribution in [3.63, 3.8) is 0 Å². The number of rotatable bonds is 5. The van der Waals surface area contributed by atoms with Gasteiger partial charge in [0.25, 0.3) is 0 Å². The molecular weight excluding hydrogens is 423 g/mol. The first-order valence-electron chi connectivity index (χ1n) is 10.8. The van der Waals surface area contributed by atoms with E-state index in [2.05, 4.69) is 24.7 Å². The van der Waals surface area contributed by atoms with Gasteiger partial charge in [0.05, 0.1) is 50.7 Å². The lowest BCUT2D eigenvalue weighted by Gasteiger charge is -2.27. The molecule has 3 aromatic heterocycles. The molecule has 0 saturated carbocycles. The van der Waals surface area contributed by atoms with E-state index < -0.39 is 0 Å². The third-order valence-electron chi connectivity index (χ3n) is 6.23. The van der Waals surface area contributed by atoms with Crippen molar-refractivity contribution in [2.75, 3.05) is 20.3 Å². The Labute approximate surface area is 188 Å². The molecule has 5 aromatic rings. The second-order valence-corrected chi connectivity index (χ2v) is 8.01. The van der Waals surface area contributed by atoms with Gasteiger partial charge < -0.3 is 18.6 Å². The van der Waals surface area contributed by atoms with Crippen LogP contribution in [0.5, 0.6) is 5.75 Å². The Morgan fingerprint density at radius 1 is 1.06 bits per heavy atom. The van der Waals surface area contributed by atoms with Gasteiger partial charge in [0.1, 0.15) is 16.9 Å². The second kappa shape index (κ2) is 7.63. The molecule has 0 atom stereocenters. The summed E-state index contributed by atoms with van der Waals surface area (Å²) in [5, 5.41) is 8.37. The van der Waals surface area contributed by atoms with Crippen LogP contribution in [0.4, 0.5) is 4.39 Å². The van der Waals surface area contributed by atoms with Crippen LogP contribution in [0.3, 0.4) is 0 Å². The largest absolute Gasteiger partial charge is 0.494 e. The number of aromatic nitrogens is 6. The van der Waals surface area contributed by atoms with E-state index >= 15 is 4.39 Å². The van der Waals surface area contributed by atoms with Gasteiger partial charge in [-0.15, -0.1) is 5.10 Å². The van der Waals surface area contributed by atoms with Gasteiger partial charge in [-0.05, 0) is 36.8 Å². The minimum absolute atomic E-state index is 0.259. The summed E-state index contributed by atoms with van der Waals surface area (Å²) >= 11 is 0. The summed E-state index contributed by atoms with van der Waals surface area (Å²) in [7, 11) is 1.58. The molecule has 0 amide bonds. The summed E-state index contributed by atoms with van der Waals surface area (Å²) in [5.41, 5.74) is 5.71. The molecule has 0 aliphatic carbocycles. The number of fused-ring (bicyclic) bond motifs is 2. The molecule has 166 valence electrons. The van der Waals surface area contributed by atoms with Gasteiger partial charge in [-0.1, -0.05) is 6.07 Å². The van der Waals surface area contributed by atoms with E-state index in [1.54, 1.807) is 38.1 Å². The normalized spacial score (nSPS) is 14.2. The summed E-state index contributed by atoms with van der Waals surface area (Å²) in [5.74, 6) is 0.191. The fourth-order valence-corrected chi connectivity index (χ4v) is 4.38. The topological polar surface area (TPSA) is 79.9 Å². The average molecular weight is 444 g/mol. The van der Waals surface area contributed by atoms with E-state index in [0.717, 1.165) is 28.7 Å². The van der Waals surface area contributed by atoms with Gasteiger partial charge in [0.2, 0.25) is 0 Å². The van der Waals surface area contributed by atoms with Gasteiger partial charge in [-0.2, -0.15) is 5.10 Å². The summed E-state index contributed by atoms with van der Waals surface area (Å²) in [4.78, 5) is 9.09. The van der Waals surface area contributed by atoms with Gasteiger partial charge in [0, 0.05) is 23.2 Å². The number of ether oxygens (including phenoxy) is 2. The number of halogens is 1. The molecule has 1 fully saturated rings. The number of benzene rings is 2. The van der Waals surface area contributed by atoms with Gasteiger partial charge in [0.15, 0.2) is 11.4 Å². The molecule has 1 aliphatic heterocycles. The molecule has 6 rings (SSSR count). The number of hydrogen-bond donors (Lipinski definition) is 0. The van der Waals surface area contributed by atoms with Crippen molar-refractivity contribution in [1.29, 1.82) is 0 Å². The highest BCUT2D eigenvalue weighted by Crippen LogP contribution is 2.40. The highest BCUT2D eigenvalue weighted by Gasteiger charge is 2.24. The van der Waals surface area contributed by atoms with Gasteiger partial charge >= 0.3 is 0 Å². The van der Waals surface area contributed by atoms with Crippen LogP contribution < -0.4 is 4.74 Å². The highest BCUT2D eigenvalue weighted by molar-refractivity contribution is 5.94. The Balaban J connectivity index is 1.51. The van der Waals surface area contributed by atoms with E-state index in [4.69, 9.17) is 9.47 Å². The Kier molecular flexibility index (Phi) is 4.58. The van der Waals surface area contributed by atoms with Crippen LogP contribution in [0.1, 0.15) is 13.0 Å². The molecule has 9 heteroatoms. The van der Waals surface area contributed by atoms with Crippen molar-refractivity contribution in [2.45, 2.75) is 19.5 Å². The minimum Gasteiger partial charge on any atom is -0.494 e. The maximum atomic E-state index is 15.1. The van der Waals surface area contributed by atoms with E-state index in [0.29, 0.717) is 41.3 Å². The van der Waals surface area contributed by atoms with Crippen molar-refractivity contribution in [2.24, 2.45) is 0 Å². The predicted octanol–water partition coefficient (Wildman–Crippen LogP) is 4.25. The van der Waals surface area contributed by atoms with Crippen LogP contribution in [0.15, 0.2) is 49.2 Å². The lowest BCUT2D eigenvalue weighted by Crippen LogP contribution is -2.30. The third kappa shape index (κ3) is 3.00. The van der Waals surface area contributed by atoms with Crippen molar-refractivity contribution in [1.82, 2.24) is 29.3 Å². The lowest BCUT2D eigenvalue weighted by atomic mass is 9.98. The third-order valence-corrected chi connectivity index (χ3v) is 6.23. The van der Waals surface area contributed by atoms with Crippen LogP contribution in [0.25, 0.3) is 44.5 Å². The first-order valence-corrected chi connectivity index (χ1v) is 10.8. The SMILES string of the molecule is CCn1cnc2c(-c3ccc(F)c(-c4ccc5c(ncn5C5COC5)c4OC)c3)cnnc21. The standard InChI is InChI=1S/C24H21FN6O2/c1-3-30-12-26-21-18(9-28-29-24(21)30)14-4-6-19(25)17(8-14)16-5-7-20-22(23(16)32-2)27-13-31(20)15-10-33-11-15/h4-9,12-13,15H,3,10-11H2,1-2H3. The maximum absolute atomic E-state index is 15.1. The van der Waals surface area contributed by atoms with Crippen LogP contribution >= 0.6 is 0 Å². The van der Waals surface area contributed by atoms with Gasteiger partial charge in [-0.25, -0.2) is 14.4 Å². The van der Waals surface area contributed by atoms with E-state index in [1.807, 2.05) is 23.6 Å². The number of methoxy groups -OCH3 is 1. The fraction of sp³-hybridized carbons (Fsp3) is 0.250.